The minimum Gasteiger partial charge on any atom is -0.494 e. The van der Waals surface area contributed by atoms with Crippen molar-refractivity contribution in [1.29, 1.82) is 0 Å². The number of para-hydroxylation sites is 1. The standard InChI is InChI=1S/C27H30N4O3/c1-2-34-21-13-11-19(12-14-21)25-17-20-18-30(15-6-16-31(20)29-25)26(32)10-5-8-23-22-7-3-4-9-24(22)28-27(23)33/h3-4,7,9,11-14,17,23H,2,5-6,8,10,15-16,18H2,1H3,(H,28,33). The van der Waals surface area contributed by atoms with Gasteiger partial charge in [0.1, 0.15) is 5.75 Å². The molecule has 1 aromatic heterocycles. The highest BCUT2D eigenvalue weighted by Gasteiger charge is 2.30. The second-order valence-corrected chi connectivity index (χ2v) is 8.89. The molecule has 0 radical (unpaired) electrons. The normalized spacial score (nSPS) is 17.0. The monoisotopic (exact) mass is 458 g/mol. The molecule has 2 aliphatic heterocycles. The fourth-order valence-electron chi connectivity index (χ4n) is 4.88. The maximum Gasteiger partial charge on any atom is 0.232 e. The lowest BCUT2D eigenvalue weighted by atomic mass is 9.95. The predicted octanol–water partition coefficient (Wildman–Crippen LogP) is 4.59. The molecule has 7 nitrogen and oxygen atoms in total. The number of aryl methyl sites for hydroxylation is 1. The highest BCUT2D eigenvalue weighted by Crippen LogP contribution is 2.35. The number of anilines is 1. The first-order chi connectivity index (χ1) is 16.6. The molecular weight excluding hydrogens is 428 g/mol. The van der Waals surface area contributed by atoms with Gasteiger partial charge in [-0.25, -0.2) is 0 Å². The van der Waals surface area contributed by atoms with E-state index in [1.54, 1.807) is 0 Å². The van der Waals surface area contributed by atoms with Crippen LogP contribution in [0, 0.1) is 0 Å². The molecule has 176 valence electrons. The molecule has 1 N–H and O–H groups in total. The zero-order valence-corrected chi connectivity index (χ0v) is 19.5. The number of nitrogens with zero attached hydrogens (tertiary/aromatic N) is 3. The second-order valence-electron chi connectivity index (χ2n) is 8.89. The molecule has 0 aliphatic carbocycles. The maximum absolute atomic E-state index is 13.0. The van der Waals surface area contributed by atoms with Crippen molar-refractivity contribution in [2.24, 2.45) is 0 Å². The van der Waals surface area contributed by atoms with Crippen LogP contribution in [0.15, 0.2) is 54.6 Å². The van der Waals surface area contributed by atoms with Crippen molar-refractivity contribution >= 4 is 17.5 Å². The summed E-state index contributed by atoms with van der Waals surface area (Å²) in [7, 11) is 0. The van der Waals surface area contributed by atoms with Gasteiger partial charge in [-0.1, -0.05) is 18.2 Å². The first-order valence-electron chi connectivity index (χ1n) is 12.1. The number of nitrogens with one attached hydrogen (secondary N) is 1. The number of rotatable bonds is 7. The Morgan fingerprint density at radius 2 is 1.97 bits per heavy atom. The fourth-order valence-corrected chi connectivity index (χ4v) is 4.88. The number of benzene rings is 2. The Bertz CT molecular complexity index is 1180. The van der Waals surface area contributed by atoms with E-state index < -0.39 is 0 Å². The van der Waals surface area contributed by atoms with E-state index in [-0.39, 0.29) is 17.7 Å². The van der Waals surface area contributed by atoms with E-state index in [9.17, 15) is 9.59 Å². The van der Waals surface area contributed by atoms with Crippen molar-refractivity contribution in [3.63, 3.8) is 0 Å². The van der Waals surface area contributed by atoms with Crippen molar-refractivity contribution in [2.45, 2.75) is 51.6 Å². The van der Waals surface area contributed by atoms with Crippen molar-refractivity contribution in [1.82, 2.24) is 14.7 Å². The fraction of sp³-hybridized carbons (Fsp3) is 0.370. The summed E-state index contributed by atoms with van der Waals surface area (Å²) in [5, 5.41) is 7.73. The summed E-state index contributed by atoms with van der Waals surface area (Å²) in [5.74, 6) is 0.867. The molecule has 2 aromatic carbocycles. The Balaban J connectivity index is 1.20. The van der Waals surface area contributed by atoms with Gasteiger partial charge in [0.25, 0.3) is 0 Å². The number of hydrogen-bond donors (Lipinski definition) is 1. The zero-order valence-electron chi connectivity index (χ0n) is 19.5. The van der Waals surface area contributed by atoms with Gasteiger partial charge in [0.2, 0.25) is 11.8 Å². The molecule has 3 aromatic rings. The summed E-state index contributed by atoms with van der Waals surface area (Å²) in [4.78, 5) is 27.3. The molecule has 0 spiro atoms. The van der Waals surface area contributed by atoms with E-state index in [1.807, 2.05) is 65.0 Å². The third-order valence-corrected chi connectivity index (χ3v) is 6.62. The number of aromatic nitrogens is 2. The number of ether oxygens (including phenoxy) is 1. The Labute approximate surface area is 199 Å². The lowest BCUT2D eigenvalue weighted by Crippen LogP contribution is -2.30. The third-order valence-electron chi connectivity index (χ3n) is 6.62. The van der Waals surface area contributed by atoms with Gasteiger partial charge in [-0.2, -0.15) is 5.10 Å². The lowest BCUT2D eigenvalue weighted by Gasteiger charge is -2.20. The number of fused-ring (bicyclic) bond motifs is 2. The van der Waals surface area contributed by atoms with Crippen LogP contribution in [0.5, 0.6) is 5.75 Å². The summed E-state index contributed by atoms with van der Waals surface area (Å²) in [6.07, 6.45) is 2.70. The van der Waals surface area contributed by atoms with Crippen molar-refractivity contribution < 1.29 is 14.3 Å². The first-order valence-corrected chi connectivity index (χ1v) is 12.1. The van der Waals surface area contributed by atoms with Crippen LogP contribution in [0.4, 0.5) is 5.69 Å². The molecular formula is C27H30N4O3. The predicted molar refractivity (Wildman–Crippen MR) is 131 cm³/mol. The number of carbonyl (C=O) groups excluding carboxylic acids is 2. The van der Waals surface area contributed by atoms with Crippen LogP contribution in [-0.4, -0.2) is 39.6 Å². The SMILES string of the molecule is CCOc1ccc(-c2cc3n(n2)CCCN(C(=O)CCCC2C(=O)Nc4ccccc42)C3)cc1. The third kappa shape index (κ3) is 4.55. The quantitative estimate of drug-likeness (QED) is 0.562. The van der Waals surface area contributed by atoms with Gasteiger partial charge in [0.15, 0.2) is 0 Å². The van der Waals surface area contributed by atoms with Gasteiger partial charge in [0.05, 0.1) is 30.5 Å². The van der Waals surface area contributed by atoms with E-state index in [0.29, 0.717) is 32.4 Å². The summed E-state index contributed by atoms with van der Waals surface area (Å²) in [6.45, 7) is 4.71. The zero-order chi connectivity index (χ0) is 23.5. The molecule has 0 saturated carbocycles. The average Bonchev–Trinajstić information content (AvgIpc) is 3.32. The average molecular weight is 459 g/mol. The van der Waals surface area contributed by atoms with E-state index in [4.69, 9.17) is 9.84 Å². The maximum atomic E-state index is 13.0. The summed E-state index contributed by atoms with van der Waals surface area (Å²) in [6, 6.07) is 17.9. The molecule has 2 amide bonds. The molecule has 7 heteroatoms. The van der Waals surface area contributed by atoms with Crippen LogP contribution in [0.2, 0.25) is 0 Å². The van der Waals surface area contributed by atoms with Gasteiger partial charge >= 0.3 is 0 Å². The van der Waals surface area contributed by atoms with Crippen LogP contribution in [0.3, 0.4) is 0 Å². The topological polar surface area (TPSA) is 76.5 Å². The van der Waals surface area contributed by atoms with E-state index >= 15 is 0 Å². The van der Waals surface area contributed by atoms with Crippen LogP contribution in [0.25, 0.3) is 11.3 Å². The largest absolute Gasteiger partial charge is 0.494 e. The molecule has 0 fully saturated rings. The summed E-state index contributed by atoms with van der Waals surface area (Å²) < 4.78 is 7.56. The first kappa shape index (κ1) is 22.2. The smallest absolute Gasteiger partial charge is 0.232 e. The Morgan fingerprint density at radius 3 is 2.79 bits per heavy atom. The van der Waals surface area contributed by atoms with E-state index in [0.717, 1.165) is 53.5 Å². The van der Waals surface area contributed by atoms with Gasteiger partial charge in [-0.05, 0) is 68.1 Å². The van der Waals surface area contributed by atoms with E-state index in [1.165, 1.54) is 0 Å². The van der Waals surface area contributed by atoms with E-state index in [2.05, 4.69) is 11.4 Å². The summed E-state index contributed by atoms with van der Waals surface area (Å²) >= 11 is 0. The van der Waals surface area contributed by atoms with Crippen LogP contribution < -0.4 is 10.1 Å². The number of carbonyl (C=O) groups is 2. The molecule has 1 unspecified atom stereocenters. The highest BCUT2D eigenvalue weighted by atomic mass is 16.5. The molecule has 0 saturated heterocycles. The summed E-state index contributed by atoms with van der Waals surface area (Å²) in [5.41, 5.74) is 4.95. The lowest BCUT2D eigenvalue weighted by molar-refractivity contribution is -0.132. The molecule has 34 heavy (non-hydrogen) atoms. The van der Waals surface area contributed by atoms with Gasteiger partial charge in [-0.3, -0.25) is 14.3 Å². The Kier molecular flexibility index (Phi) is 6.34. The van der Waals surface area contributed by atoms with Crippen molar-refractivity contribution in [2.75, 3.05) is 18.5 Å². The highest BCUT2D eigenvalue weighted by molar-refractivity contribution is 6.02. The minimum atomic E-state index is -0.161. The van der Waals surface area contributed by atoms with Crippen LogP contribution in [-0.2, 0) is 22.7 Å². The molecule has 5 rings (SSSR count). The van der Waals surface area contributed by atoms with Gasteiger partial charge < -0.3 is 15.0 Å². The molecule has 2 aliphatic rings. The Hall–Kier alpha value is -3.61. The molecule has 0 bridgehead atoms. The second kappa shape index (κ2) is 9.71. The van der Waals surface area contributed by atoms with Gasteiger partial charge in [0, 0.05) is 30.8 Å². The Morgan fingerprint density at radius 1 is 1.15 bits per heavy atom. The van der Waals surface area contributed by atoms with Gasteiger partial charge in [-0.15, -0.1) is 0 Å². The number of amides is 2. The molecule has 1 atom stereocenters. The van der Waals surface area contributed by atoms with Crippen molar-refractivity contribution in [3.05, 3.63) is 65.9 Å². The van der Waals surface area contributed by atoms with Crippen molar-refractivity contribution in [3.8, 4) is 17.0 Å². The van der Waals surface area contributed by atoms with Crippen LogP contribution >= 0.6 is 0 Å². The van der Waals surface area contributed by atoms with Crippen LogP contribution in [0.1, 0.15) is 49.8 Å². The minimum absolute atomic E-state index is 0.0362. The number of hydrogen-bond acceptors (Lipinski definition) is 4. The molecule has 3 heterocycles.